The van der Waals surface area contributed by atoms with Crippen LogP contribution >= 0.6 is 0 Å². The zero-order valence-electron chi connectivity index (χ0n) is 9.44. The number of hydrogen-bond donors (Lipinski definition) is 0. The van der Waals surface area contributed by atoms with E-state index in [9.17, 15) is 0 Å². The summed E-state index contributed by atoms with van der Waals surface area (Å²) in [7, 11) is 0. The Morgan fingerprint density at radius 3 is 2.08 bits per heavy atom. The summed E-state index contributed by atoms with van der Waals surface area (Å²) in [4.78, 5) is 0. The molecule has 0 bridgehead atoms. The van der Waals surface area contributed by atoms with Crippen LogP contribution in [0.4, 0.5) is 0 Å². The molecule has 1 saturated carbocycles. The monoisotopic (exact) mass is 352 g/mol. The van der Waals surface area contributed by atoms with Gasteiger partial charge in [0, 0.05) is 0 Å². The van der Waals surface area contributed by atoms with E-state index in [1.165, 1.54) is 32.1 Å². The molecule has 0 aromatic carbocycles. The van der Waals surface area contributed by atoms with E-state index in [2.05, 4.69) is 13.8 Å². The SMILES string of the molecule is CC.[CH2-]CC(C)C[C-]1CCCC1.[W+2]. The van der Waals surface area contributed by atoms with E-state index in [0.29, 0.717) is 0 Å². The molecule has 0 saturated heterocycles. The molecule has 1 aliphatic rings. The molecule has 0 radical (unpaired) electrons. The molecular formula is C12H24W. The molecule has 1 atom stereocenters. The van der Waals surface area contributed by atoms with Crippen molar-refractivity contribution in [1.29, 1.82) is 0 Å². The van der Waals surface area contributed by atoms with E-state index < -0.39 is 0 Å². The summed E-state index contributed by atoms with van der Waals surface area (Å²) in [5, 5.41) is 0. The van der Waals surface area contributed by atoms with E-state index in [4.69, 9.17) is 0 Å². The van der Waals surface area contributed by atoms with Gasteiger partial charge in [-0.2, -0.15) is 25.7 Å². The third-order valence-electron chi connectivity index (χ3n) is 2.44. The summed E-state index contributed by atoms with van der Waals surface area (Å²) in [5.74, 6) is 2.63. The second-order valence-electron chi connectivity index (χ2n) is 3.56. The van der Waals surface area contributed by atoms with Crippen LogP contribution in [0.25, 0.3) is 0 Å². The maximum absolute atomic E-state index is 3.91. The van der Waals surface area contributed by atoms with Crippen molar-refractivity contribution in [3.05, 3.63) is 12.8 Å². The minimum Gasteiger partial charge on any atom is -0.343 e. The van der Waals surface area contributed by atoms with Gasteiger partial charge >= 0.3 is 21.1 Å². The standard InChI is InChI=1S/C10H18.C2H6.W/c1-3-9(2)8-10-6-4-5-7-10;1-2;/h9H,1,3-8H2,2H3;1-2H3;/q-2;;+2. The second kappa shape index (κ2) is 10.8. The van der Waals surface area contributed by atoms with Crippen molar-refractivity contribution in [3.63, 3.8) is 0 Å². The first-order chi connectivity index (χ1) is 5.83. The van der Waals surface area contributed by atoms with Gasteiger partial charge in [0.05, 0.1) is 0 Å². The molecule has 13 heavy (non-hydrogen) atoms. The first-order valence-electron chi connectivity index (χ1n) is 5.45. The number of hydrogen-bond acceptors (Lipinski definition) is 0. The van der Waals surface area contributed by atoms with Gasteiger partial charge in [-0.3, -0.25) is 0 Å². The quantitative estimate of drug-likeness (QED) is 0.660. The van der Waals surface area contributed by atoms with Gasteiger partial charge in [-0.15, -0.1) is 0 Å². The molecule has 0 aliphatic heterocycles. The van der Waals surface area contributed by atoms with Crippen LogP contribution in [0, 0.1) is 18.8 Å². The Labute approximate surface area is 99.1 Å². The number of rotatable bonds is 3. The fraction of sp³-hybridized carbons (Fsp3) is 0.833. The third-order valence-corrected chi connectivity index (χ3v) is 2.44. The maximum atomic E-state index is 3.91. The van der Waals surface area contributed by atoms with Crippen LogP contribution in [0.15, 0.2) is 0 Å². The van der Waals surface area contributed by atoms with E-state index in [-0.39, 0.29) is 21.1 Å². The molecule has 0 amide bonds. The molecule has 0 nitrogen and oxygen atoms in total. The van der Waals surface area contributed by atoms with Crippen molar-refractivity contribution >= 4 is 0 Å². The van der Waals surface area contributed by atoms with Crippen LogP contribution in [-0.2, 0) is 21.1 Å². The predicted octanol–water partition coefficient (Wildman–Crippen LogP) is 4.41. The largest absolute Gasteiger partial charge is 2.00 e. The first-order valence-corrected chi connectivity index (χ1v) is 5.45. The van der Waals surface area contributed by atoms with Crippen molar-refractivity contribution in [1.82, 2.24) is 0 Å². The van der Waals surface area contributed by atoms with Crippen LogP contribution in [0.3, 0.4) is 0 Å². The van der Waals surface area contributed by atoms with E-state index >= 15 is 0 Å². The van der Waals surface area contributed by atoms with Crippen LogP contribution in [-0.4, -0.2) is 0 Å². The smallest absolute Gasteiger partial charge is 0.343 e. The molecule has 0 heterocycles. The molecule has 1 heteroatoms. The first kappa shape index (κ1) is 16.1. The van der Waals surface area contributed by atoms with E-state index in [1.807, 2.05) is 13.8 Å². The molecule has 0 N–H and O–H groups in total. The Kier molecular flexibility index (Phi) is 13.4. The summed E-state index contributed by atoms with van der Waals surface area (Å²) in [6.07, 6.45) is 8.15. The van der Waals surface area contributed by atoms with Gasteiger partial charge in [0.1, 0.15) is 0 Å². The fourth-order valence-electron chi connectivity index (χ4n) is 1.67. The van der Waals surface area contributed by atoms with Crippen molar-refractivity contribution in [3.8, 4) is 0 Å². The van der Waals surface area contributed by atoms with Gasteiger partial charge in [0.15, 0.2) is 0 Å². The molecule has 1 fully saturated rings. The Bertz CT molecular complexity index is 85.1. The van der Waals surface area contributed by atoms with Gasteiger partial charge in [-0.05, 0) is 0 Å². The molecule has 1 aliphatic carbocycles. The average molecular weight is 352 g/mol. The minimum atomic E-state index is 0. The summed E-state index contributed by atoms with van der Waals surface area (Å²) >= 11 is 0. The van der Waals surface area contributed by atoms with Crippen molar-refractivity contribution in [2.24, 2.45) is 5.92 Å². The molecule has 78 valence electrons. The summed E-state index contributed by atoms with van der Waals surface area (Å²) < 4.78 is 0. The molecule has 0 aromatic heterocycles. The second-order valence-corrected chi connectivity index (χ2v) is 3.56. The topological polar surface area (TPSA) is 0 Å². The average Bonchev–Trinajstić information content (AvgIpc) is 2.60. The van der Waals surface area contributed by atoms with Gasteiger partial charge in [-0.1, -0.05) is 39.5 Å². The Hall–Kier alpha value is 0.688. The zero-order valence-corrected chi connectivity index (χ0v) is 12.4. The van der Waals surface area contributed by atoms with Gasteiger partial charge in [0.2, 0.25) is 0 Å². The fourth-order valence-corrected chi connectivity index (χ4v) is 1.67. The minimum absolute atomic E-state index is 0. The molecule has 1 unspecified atom stereocenters. The Balaban J connectivity index is 0. The van der Waals surface area contributed by atoms with Crippen molar-refractivity contribution < 1.29 is 21.1 Å². The van der Waals surface area contributed by atoms with E-state index in [0.717, 1.165) is 12.3 Å². The Morgan fingerprint density at radius 2 is 1.69 bits per heavy atom. The van der Waals surface area contributed by atoms with E-state index in [1.54, 1.807) is 5.92 Å². The van der Waals surface area contributed by atoms with Crippen LogP contribution in [0.5, 0.6) is 0 Å². The molecular weight excluding hydrogens is 328 g/mol. The van der Waals surface area contributed by atoms with Gasteiger partial charge in [0.25, 0.3) is 0 Å². The molecule has 0 spiro atoms. The van der Waals surface area contributed by atoms with Crippen molar-refractivity contribution in [2.45, 2.75) is 59.3 Å². The summed E-state index contributed by atoms with van der Waals surface area (Å²) in [6.45, 7) is 10.2. The summed E-state index contributed by atoms with van der Waals surface area (Å²) in [5.41, 5.74) is 0. The van der Waals surface area contributed by atoms with Crippen molar-refractivity contribution in [2.75, 3.05) is 0 Å². The van der Waals surface area contributed by atoms with Crippen LogP contribution in [0.1, 0.15) is 59.3 Å². The third kappa shape index (κ3) is 7.74. The molecule has 0 aromatic rings. The summed E-state index contributed by atoms with van der Waals surface area (Å²) in [6, 6.07) is 0. The predicted molar refractivity (Wildman–Crippen MR) is 56.8 cm³/mol. The normalized spacial score (nSPS) is 18.5. The van der Waals surface area contributed by atoms with Crippen LogP contribution in [0.2, 0.25) is 0 Å². The van der Waals surface area contributed by atoms with Gasteiger partial charge in [-0.25, -0.2) is 0 Å². The Morgan fingerprint density at radius 1 is 1.23 bits per heavy atom. The zero-order chi connectivity index (χ0) is 9.40. The maximum Gasteiger partial charge on any atom is 2.00 e. The van der Waals surface area contributed by atoms with Crippen LogP contribution < -0.4 is 0 Å². The molecule has 1 rings (SSSR count). The van der Waals surface area contributed by atoms with Gasteiger partial charge < -0.3 is 12.8 Å².